The van der Waals surface area contributed by atoms with E-state index >= 15 is 0 Å². The molecule has 0 saturated carbocycles. The van der Waals surface area contributed by atoms with Gasteiger partial charge < -0.3 is 4.90 Å². The Morgan fingerprint density at radius 3 is 2.48 bits per heavy atom. The fraction of sp³-hybridized carbons (Fsp3) is 0.300. The summed E-state index contributed by atoms with van der Waals surface area (Å²) in [4.78, 5) is 27.1. The summed E-state index contributed by atoms with van der Waals surface area (Å²) < 4.78 is 40.2. The van der Waals surface area contributed by atoms with Crippen LogP contribution < -0.4 is 9.80 Å². The zero-order chi connectivity index (χ0) is 20.8. The number of ketones is 1. The van der Waals surface area contributed by atoms with Crippen molar-refractivity contribution in [2.24, 2.45) is 0 Å². The Hall–Kier alpha value is -2.62. The van der Waals surface area contributed by atoms with Crippen molar-refractivity contribution in [1.82, 2.24) is 4.31 Å². The van der Waals surface area contributed by atoms with Gasteiger partial charge in [0.05, 0.1) is 42.3 Å². The molecule has 0 unspecified atom stereocenters. The Bertz CT molecular complexity index is 1090. The molecule has 0 bridgehead atoms. The first-order valence-electron chi connectivity index (χ1n) is 9.33. The number of Topliss-reactive ketones (excluding diaryl/α,β-unsaturated/α-hetero) is 1. The third-order valence-corrected chi connectivity index (χ3v) is 7.27. The van der Waals surface area contributed by atoms with Gasteiger partial charge in [0.15, 0.2) is 6.67 Å². The summed E-state index contributed by atoms with van der Waals surface area (Å²) in [5.74, 6) is -1.65. The monoisotopic (exact) mass is 418 g/mol. The predicted octanol–water partition coefficient (Wildman–Crippen LogP) is 0.210. The maximum absolute atomic E-state index is 13.4. The molecule has 1 fully saturated rings. The van der Waals surface area contributed by atoms with Gasteiger partial charge in [-0.25, -0.2) is 12.8 Å². The number of fused-ring (bicyclic) bond motifs is 1. The molecule has 0 aromatic heterocycles. The smallest absolute Gasteiger partial charge is 0.303 e. The van der Waals surface area contributed by atoms with Crippen LogP contribution in [0.5, 0.6) is 0 Å². The Labute approximate surface area is 168 Å². The zero-order valence-corrected chi connectivity index (χ0v) is 16.7. The van der Waals surface area contributed by atoms with Crippen molar-refractivity contribution < 1.29 is 27.3 Å². The molecule has 2 aromatic rings. The second-order valence-electron chi connectivity index (χ2n) is 7.35. The first-order valence-corrected chi connectivity index (χ1v) is 10.8. The average Bonchev–Trinajstić information content (AvgIpc) is 2.93. The molecule has 9 heteroatoms. The van der Waals surface area contributed by atoms with Crippen LogP contribution in [0, 0.1) is 12.7 Å². The summed E-state index contributed by atoms with van der Waals surface area (Å²) in [6.07, 6.45) is 0. The molecular formula is C20H21FN3O4S+. The van der Waals surface area contributed by atoms with Gasteiger partial charge in [-0.15, -0.1) is 0 Å². The van der Waals surface area contributed by atoms with E-state index < -0.39 is 27.5 Å². The van der Waals surface area contributed by atoms with Crippen molar-refractivity contribution >= 4 is 27.4 Å². The van der Waals surface area contributed by atoms with E-state index in [1.165, 1.54) is 27.4 Å². The molecule has 1 N–H and O–H groups in total. The van der Waals surface area contributed by atoms with Crippen molar-refractivity contribution in [3.05, 3.63) is 59.4 Å². The van der Waals surface area contributed by atoms with Gasteiger partial charge in [-0.05, 0) is 37.3 Å². The molecule has 152 valence electrons. The van der Waals surface area contributed by atoms with Gasteiger partial charge in [0.25, 0.3) is 5.78 Å². The highest BCUT2D eigenvalue weighted by Crippen LogP contribution is 2.28. The standard InChI is InChI=1S/C20H20FN3O4S/c1-14-5-6-18-17(11-14)19(25)20(26)24(18)13-22-7-9-23(10-8-22)29(27,28)16-4-2-3-15(21)12-16/h2-6,11-12H,7-10,13H2,1H3/p+1. The number of quaternary nitrogens is 1. The molecule has 1 saturated heterocycles. The quantitative estimate of drug-likeness (QED) is 0.720. The minimum absolute atomic E-state index is 0.0643. The number of anilines is 1. The number of aryl methyl sites for hydroxylation is 1. The molecule has 2 aromatic carbocycles. The van der Waals surface area contributed by atoms with Crippen LogP contribution in [0.4, 0.5) is 10.1 Å². The summed E-state index contributed by atoms with van der Waals surface area (Å²) in [5.41, 5.74) is 1.94. The topological polar surface area (TPSA) is 79.2 Å². The molecule has 0 atom stereocenters. The number of nitrogens with one attached hydrogen (secondary N) is 1. The number of hydrogen-bond donors (Lipinski definition) is 1. The van der Waals surface area contributed by atoms with Gasteiger partial charge in [0.1, 0.15) is 5.82 Å². The van der Waals surface area contributed by atoms with Gasteiger partial charge in [0, 0.05) is 0 Å². The van der Waals surface area contributed by atoms with Gasteiger partial charge >= 0.3 is 5.91 Å². The first kappa shape index (κ1) is 19.7. The minimum atomic E-state index is -3.76. The number of sulfonamides is 1. The van der Waals surface area contributed by atoms with E-state index in [1.54, 1.807) is 12.1 Å². The highest BCUT2D eigenvalue weighted by Gasteiger charge is 2.39. The number of piperazine rings is 1. The van der Waals surface area contributed by atoms with Gasteiger partial charge in [-0.3, -0.25) is 14.5 Å². The SMILES string of the molecule is Cc1ccc2c(c1)C(=O)C(=O)N2C[NH+]1CCN(S(=O)(=O)c2cccc(F)c2)CC1. The molecule has 2 heterocycles. The van der Waals surface area contributed by atoms with E-state index in [1.807, 2.05) is 13.0 Å². The third kappa shape index (κ3) is 3.57. The van der Waals surface area contributed by atoms with Crippen LogP contribution in [0.15, 0.2) is 47.4 Å². The van der Waals surface area contributed by atoms with E-state index in [0.717, 1.165) is 16.5 Å². The van der Waals surface area contributed by atoms with Crippen molar-refractivity contribution in [2.45, 2.75) is 11.8 Å². The second kappa shape index (κ2) is 7.33. The lowest BCUT2D eigenvalue weighted by Crippen LogP contribution is -3.16. The van der Waals surface area contributed by atoms with Gasteiger partial charge in [-0.2, -0.15) is 4.31 Å². The molecular weight excluding hydrogens is 397 g/mol. The number of carbonyl (C=O) groups is 2. The zero-order valence-electron chi connectivity index (χ0n) is 15.9. The Morgan fingerprint density at radius 2 is 1.79 bits per heavy atom. The molecule has 7 nitrogen and oxygen atoms in total. The maximum Gasteiger partial charge on any atom is 0.303 e. The largest absolute Gasteiger partial charge is 0.315 e. The number of amides is 1. The second-order valence-corrected chi connectivity index (χ2v) is 9.29. The van der Waals surface area contributed by atoms with Crippen molar-refractivity contribution in [3.63, 3.8) is 0 Å². The van der Waals surface area contributed by atoms with Crippen LogP contribution in [0.1, 0.15) is 15.9 Å². The summed E-state index contributed by atoms with van der Waals surface area (Å²) >= 11 is 0. The number of rotatable bonds is 4. The van der Waals surface area contributed by atoms with Crippen LogP contribution in [0.3, 0.4) is 0 Å². The van der Waals surface area contributed by atoms with Crippen LogP contribution in [-0.2, 0) is 14.8 Å². The van der Waals surface area contributed by atoms with E-state index in [-0.39, 0.29) is 18.0 Å². The maximum atomic E-state index is 13.4. The number of nitrogens with zero attached hydrogens (tertiary/aromatic N) is 2. The summed E-state index contributed by atoms with van der Waals surface area (Å²) in [7, 11) is -3.76. The molecule has 0 spiro atoms. The molecule has 0 radical (unpaired) electrons. The minimum Gasteiger partial charge on any atom is -0.315 e. The van der Waals surface area contributed by atoms with E-state index in [0.29, 0.717) is 31.0 Å². The summed E-state index contributed by atoms with van der Waals surface area (Å²) in [6.45, 7) is 3.63. The number of halogens is 1. The van der Waals surface area contributed by atoms with Gasteiger partial charge in [-0.1, -0.05) is 17.7 Å². The lowest BCUT2D eigenvalue weighted by atomic mass is 10.1. The lowest BCUT2D eigenvalue weighted by Gasteiger charge is -2.33. The average molecular weight is 418 g/mol. The van der Waals surface area contributed by atoms with Crippen molar-refractivity contribution in [3.8, 4) is 0 Å². The van der Waals surface area contributed by atoms with Crippen LogP contribution in [0.2, 0.25) is 0 Å². The molecule has 2 aliphatic rings. The number of hydrogen-bond acceptors (Lipinski definition) is 4. The molecule has 2 aliphatic heterocycles. The van der Waals surface area contributed by atoms with Gasteiger partial charge in [0.2, 0.25) is 10.0 Å². The normalized spacial score (nSPS) is 18.3. The summed E-state index contributed by atoms with van der Waals surface area (Å²) in [5, 5.41) is 0. The molecule has 29 heavy (non-hydrogen) atoms. The van der Waals surface area contributed by atoms with Crippen molar-refractivity contribution in [1.29, 1.82) is 0 Å². The predicted molar refractivity (Wildman–Crippen MR) is 104 cm³/mol. The van der Waals surface area contributed by atoms with Crippen LogP contribution in [0.25, 0.3) is 0 Å². The van der Waals surface area contributed by atoms with E-state index in [9.17, 15) is 22.4 Å². The molecule has 4 rings (SSSR count). The van der Waals surface area contributed by atoms with E-state index in [4.69, 9.17) is 0 Å². The Morgan fingerprint density at radius 1 is 1.07 bits per heavy atom. The highest BCUT2D eigenvalue weighted by atomic mass is 32.2. The lowest BCUT2D eigenvalue weighted by molar-refractivity contribution is -0.902. The van der Waals surface area contributed by atoms with Crippen molar-refractivity contribution in [2.75, 3.05) is 37.7 Å². The fourth-order valence-corrected chi connectivity index (χ4v) is 5.25. The van der Waals surface area contributed by atoms with Crippen LogP contribution in [-0.4, -0.2) is 57.3 Å². The molecule has 0 aliphatic carbocycles. The van der Waals surface area contributed by atoms with E-state index in [2.05, 4.69) is 0 Å². The first-order chi connectivity index (χ1) is 13.8. The number of carbonyl (C=O) groups excluding carboxylic acids is 2. The van der Waals surface area contributed by atoms with Crippen LogP contribution >= 0.6 is 0 Å². The Kier molecular flexibility index (Phi) is 4.97. The summed E-state index contributed by atoms with van der Waals surface area (Å²) in [6, 6.07) is 10.3. The highest BCUT2D eigenvalue weighted by molar-refractivity contribution is 7.89. The fourth-order valence-electron chi connectivity index (χ4n) is 3.77. The number of benzene rings is 2. The Balaban J connectivity index is 1.45. The molecule has 1 amide bonds. The third-order valence-electron chi connectivity index (χ3n) is 5.37.